The number of anilines is 1. The number of aromatic nitrogens is 5. The van der Waals surface area contributed by atoms with Gasteiger partial charge in [-0.15, -0.1) is 0 Å². The molecule has 0 radical (unpaired) electrons. The topological polar surface area (TPSA) is 71.9 Å². The number of halogens is 5. The number of aryl methyl sites for hydroxylation is 2. The summed E-state index contributed by atoms with van der Waals surface area (Å²) in [5.74, 6) is -0.225. The Labute approximate surface area is 259 Å². The molecule has 224 valence electrons. The molecule has 0 saturated heterocycles. The maximum atomic E-state index is 16.4. The van der Waals surface area contributed by atoms with E-state index in [-0.39, 0.29) is 19.1 Å². The fourth-order valence-electron chi connectivity index (χ4n) is 5.85. The molecule has 0 unspecified atom stereocenters. The van der Waals surface area contributed by atoms with Gasteiger partial charge in [0.05, 0.1) is 39.4 Å². The smallest absolute Gasteiger partial charge is 0.366 e. The molecule has 0 spiro atoms. The molecule has 0 aliphatic carbocycles. The van der Waals surface area contributed by atoms with E-state index < -0.39 is 17.6 Å². The van der Waals surface area contributed by atoms with E-state index >= 15 is 4.39 Å². The van der Waals surface area contributed by atoms with E-state index in [1.54, 1.807) is 6.20 Å². The summed E-state index contributed by atoms with van der Waals surface area (Å²) in [4.78, 5) is 13.2. The lowest BCUT2D eigenvalue weighted by Crippen LogP contribution is -2.31. The number of nitrogens with one attached hydrogen (secondary N) is 1. The maximum absolute atomic E-state index is 16.4. The number of para-hydroxylation sites is 1. The van der Waals surface area contributed by atoms with Gasteiger partial charge in [0, 0.05) is 60.2 Å². The molecule has 0 fully saturated rings. The third-order valence-electron chi connectivity index (χ3n) is 7.91. The van der Waals surface area contributed by atoms with Crippen molar-refractivity contribution in [3.63, 3.8) is 0 Å². The Kier molecular flexibility index (Phi) is 8.16. The highest BCUT2D eigenvalue weighted by atomic mass is 127. The van der Waals surface area contributed by atoms with E-state index in [1.807, 2.05) is 21.7 Å². The van der Waals surface area contributed by atoms with Crippen LogP contribution in [0.5, 0.6) is 0 Å². The van der Waals surface area contributed by atoms with Crippen molar-refractivity contribution in [2.45, 2.75) is 52.4 Å². The van der Waals surface area contributed by atoms with Crippen LogP contribution in [-0.2, 0) is 43.3 Å². The van der Waals surface area contributed by atoms with Gasteiger partial charge in [-0.3, -0.25) is 0 Å². The maximum Gasteiger partial charge on any atom is 0.419 e. The molecule has 1 aliphatic rings. The number of hydrogen-bond donors (Lipinski definition) is 1. The van der Waals surface area contributed by atoms with Gasteiger partial charge in [0.2, 0.25) is 5.95 Å². The zero-order chi connectivity index (χ0) is 30.3. The van der Waals surface area contributed by atoms with E-state index in [0.717, 1.165) is 58.8 Å². The third kappa shape index (κ3) is 5.39. The van der Waals surface area contributed by atoms with Gasteiger partial charge in [0.15, 0.2) is 0 Å². The summed E-state index contributed by atoms with van der Waals surface area (Å²) in [6.07, 6.45) is 0.863. The van der Waals surface area contributed by atoms with Crippen LogP contribution in [-0.4, -0.2) is 35.9 Å². The Bertz CT molecular complexity index is 1760. The van der Waals surface area contributed by atoms with Crippen molar-refractivity contribution >= 4 is 39.4 Å². The van der Waals surface area contributed by atoms with Gasteiger partial charge in [-0.1, -0.05) is 54.6 Å². The van der Waals surface area contributed by atoms with Crippen molar-refractivity contribution < 1.29 is 22.3 Å². The largest absolute Gasteiger partial charge is 0.419 e. The van der Waals surface area contributed by atoms with E-state index in [2.05, 4.69) is 63.5 Å². The molecule has 0 amide bonds. The molecule has 1 aliphatic heterocycles. The fraction of sp³-hybridized carbons (Fsp3) is 0.323. The van der Waals surface area contributed by atoms with Gasteiger partial charge >= 0.3 is 6.18 Å². The first-order valence-electron chi connectivity index (χ1n) is 14.0. The highest BCUT2D eigenvalue weighted by molar-refractivity contribution is 14.1. The summed E-state index contributed by atoms with van der Waals surface area (Å²) in [7, 11) is 0. The number of fused-ring (bicyclic) bond motifs is 2. The van der Waals surface area contributed by atoms with Crippen LogP contribution in [0.15, 0.2) is 48.9 Å². The van der Waals surface area contributed by atoms with Gasteiger partial charge in [-0.2, -0.15) is 18.3 Å². The molecule has 2 aromatic carbocycles. The molecule has 5 aromatic rings. The number of aromatic amines is 1. The van der Waals surface area contributed by atoms with Gasteiger partial charge in [-0.25, -0.2) is 19.0 Å². The second-order valence-electron chi connectivity index (χ2n) is 10.4. The molecule has 43 heavy (non-hydrogen) atoms. The van der Waals surface area contributed by atoms with Crippen LogP contribution in [0.4, 0.5) is 23.5 Å². The average molecular weight is 705 g/mol. The summed E-state index contributed by atoms with van der Waals surface area (Å²) in [6.45, 7) is 5.14. The van der Waals surface area contributed by atoms with Crippen molar-refractivity contribution in [1.82, 2.24) is 24.7 Å². The minimum absolute atomic E-state index is 0.180. The molecule has 0 saturated carbocycles. The summed E-state index contributed by atoms with van der Waals surface area (Å²) in [5.41, 5.74) is 6.30. The molecule has 1 N–H and O–H groups in total. The Balaban J connectivity index is 1.57. The SMILES string of the molecule is CCc1cccc(CC)c1-n1nc2c(c1-c1c(F)cc(COCI)c3[nH]ccc13)CN(c1ncc(C(F)(F)F)cn1)CC2. The molecule has 0 atom stereocenters. The molecule has 4 heterocycles. The lowest BCUT2D eigenvalue weighted by Gasteiger charge is -2.27. The van der Waals surface area contributed by atoms with Crippen LogP contribution in [0.25, 0.3) is 27.8 Å². The van der Waals surface area contributed by atoms with Crippen LogP contribution in [0.2, 0.25) is 0 Å². The lowest BCUT2D eigenvalue weighted by atomic mass is 9.95. The molecule has 12 heteroatoms. The van der Waals surface area contributed by atoms with Crippen LogP contribution in [0.1, 0.15) is 47.4 Å². The number of nitrogens with zero attached hydrogens (tertiary/aromatic N) is 5. The van der Waals surface area contributed by atoms with Crippen molar-refractivity contribution in [3.8, 4) is 16.9 Å². The van der Waals surface area contributed by atoms with Crippen LogP contribution in [0.3, 0.4) is 0 Å². The quantitative estimate of drug-likeness (QED) is 0.103. The van der Waals surface area contributed by atoms with Crippen LogP contribution in [0, 0.1) is 5.82 Å². The summed E-state index contributed by atoms with van der Waals surface area (Å²) in [6, 6.07) is 9.52. The van der Waals surface area contributed by atoms with E-state index in [1.165, 1.54) is 6.07 Å². The highest BCUT2D eigenvalue weighted by Gasteiger charge is 2.34. The Morgan fingerprint density at radius 3 is 2.42 bits per heavy atom. The fourth-order valence-corrected chi connectivity index (χ4v) is 6.07. The number of hydrogen-bond acceptors (Lipinski definition) is 5. The number of rotatable bonds is 8. The van der Waals surface area contributed by atoms with Gasteiger partial charge in [-0.05, 0) is 36.1 Å². The van der Waals surface area contributed by atoms with E-state index in [4.69, 9.17) is 9.84 Å². The normalized spacial score (nSPS) is 13.6. The van der Waals surface area contributed by atoms with Crippen molar-refractivity contribution in [1.29, 1.82) is 0 Å². The molecular formula is C31H29F4IN6O. The first-order chi connectivity index (χ1) is 20.7. The predicted octanol–water partition coefficient (Wildman–Crippen LogP) is 7.57. The summed E-state index contributed by atoms with van der Waals surface area (Å²) < 4.78 is 63.9. The third-order valence-corrected chi connectivity index (χ3v) is 8.35. The van der Waals surface area contributed by atoms with Crippen molar-refractivity contribution in [2.75, 3.05) is 16.1 Å². The van der Waals surface area contributed by atoms with Gasteiger partial charge in [0.1, 0.15) is 5.82 Å². The molecule has 0 bridgehead atoms. The molecule has 7 nitrogen and oxygen atoms in total. The van der Waals surface area contributed by atoms with Gasteiger partial charge in [0.25, 0.3) is 0 Å². The zero-order valence-electron chi connectivity index (χ0n) is 23.6. The average Bonchev–Trinajstić information content (AvgIpc) is 3.64. The molecular weight excluding hydrogens is 675 g/mol. The predicted molar refractivity (Wildman–Crippen MR) is 165 cm³/mol. The second-order valence-corrected chi connectivity index (χ2v) is 11.0. The van der Waals surface area contributed by atoms with Gasteiger partial charge < -0.3 is 14.6 Å². The van der Waals surface area contributed by atoms with E-state index in [0.29, 0.717) is 39.8 Å². The van der Waals surface area contributed by atoms with E-state index in [9.17, 15) is 13.2 Å². The lowest BCUT2D eigenvalue weighted by molar-refractivity contribution is -0.138. The Morgan fingerprint density at radius 2 is 1.77 bits per heavy atom. The standard InChI is InChI=1S/C31H29F4IN6O/c1-3-18-6-5-7-19(4-2)28(18)42-29(26-22-8-10-37-27(22)20(12-24(26)32)16-43-17-36)23-15-41(11-9-25(23)40-42)30-38-13-21(14-39-30)31(33,34)35/h5-8,10,12-14,37H,3-4,9,11,15-17H2,1-2H3. The van der Waals surface area contributed by atoms with Crippen LogP contribution >= 0.6 is 22.6 Å². The molecule has 6 rings (SSSR count). The van der Waals surface area contributed by atoms with Crippen molar-refractivity contribution in [2.24, 2.45) is 0 Å². The Hall–Kier alpha value is -3.52. The second kappa shape index (κ2) is 11.9. The highest BCUT2D eigenvalue weighted by Crippen LogP contribution is 2.41. The summed E-state index contributed by atoms with van der Waals surface area (Å²) >= 11 is 2.11. The first kappa shape index (κ1) is 29.5. The number of alkyl halides is 4. The monoisotopic (exact) mass is 704 g/mol. The number of benzene rings is 2. The van der Waals surface area contributed by atoms with Crippen LogP contribution < -0.4 is 4.90 Å². The minimum atomic E-state index is -4.53. The number of H-pyrrole nitrogens is 1. The number of ether oxygens (including phenoxy) is 1. The Morgan fingerprint density at radius 1 is 1.05 bits per heavy atom. The van der Waals surface area contributed by atoms with Crippen molar-refractivity contribution in [3.05, 3.63) is 88.3 Å². The molecule has 3 aromatic heterocycles. The zero-order valence-corrected chi connectivity index (χ0v) is 25.8. The summed E-state index contributed by atoms with van der Waals surface area (Å²) in [5, 5.41) is 5.79. The first-order valence-corrected chi connectivity index (χ1v) is 15.6. The minimum Gasteiger partial charge on any atom is -0.366 e.